The highest BCUT2D eigenvalue weighted by atomic mass is 16.5. The van der Waals surface area contributed by atoms with Crippen molar-refractivity contribution in [2.75, 3.05) is 17.0 Å². The Morgan fingerprint density at radius 2 is 1.56 bits per heavy atom. The van der Waals surface area contributed by atoms with E-state index in [9.17, 15) is 9.59 Å². The normalized spacial score (nSPS) is 21.8. The molecule has 1 fully saturated rings. The lowest BCUT2D eigenvalue weighted by Crippen LogP contribution is -2.39. The number of aryl methyl sites for hydroxylation is 1. The molecule has 7 heteroatoms. The number of hydrogen-bond donors (Lipinski definition) is 0. The third kappa shape index (κ3) is 2.36. The Bertz CT molecular complexity index is 861. The second-order valence-corrected chi connectivity index (χ2v) is 5.98. The van der Waals surface area contributed by atoms with Crippen molar-refractivity contribution in [3.05, 3.63) is 54.1 Å². The van der Waals surface area contributed by atoms with E-state index in [4.69, 9.17) is 4.74 Å². The molecule has 0 N–H and O–H groups in total. The number of ether oxygens (including phenoxy) is 1. The first kappa shape index (κ1) is 15.3. The fourth-order valence-electron chi connectivity index (χ4n) is 3.06. The molecule has 0 radical (unpaired) electrons. The molecule has 25 heavy (non-hydrogen) atoms. The lowest BCUT2D eigenvalue weighted by atomic mass is 10.1. The molecule has 2 atom stereocenters. The van der Waals surface area contributed by atoms with Crippen LogP contribution in [0.2, 0.25) is 0 Å². The zero-order valence-electron chi connectivity index (χ0n) is 13.8. The summed E-state index contributed by atoms with van der Waals surface area (Å²) in [6.45, 7) is 1.95. The van der Waals surface area contributed by atoms with Crippen LogP contribution in [0.4, 0.5) is 11.4 Å². The van der Waals surface area contributed by atoms with Crippen LogP contribution in [0.5, 0.6) is 5.75 Å². The average Bonchev–Trinajstić information content (AvgIpc) is 3.17. The monoisotopic (exact) mass is 336 g/mol. The highest BCUT2D eigenvalue weighted by molar-refractivity contribution is 6.26. The Hall–Kier alpha value is -3.22. The number of anilines is 2. The van der Waals surface area contributed by atoms with E-state index >= 15 is 0 Å². The van der Waals surface area contributed by atoms with Crippen molar-refractivity contribution in [3.63, 3.8) is 0 Å². The van der Waals surface area contributed by atoms with Crippen molar-refractivity contribution in [2.24, 2.45) is 10.3 Å². The van der Waals surface area contributed by atoms with Crippen LogP contribution in [-0.2, 0) is 9.59 Å². The number of fused-ring (bicyclic) bond motifs is 1. The number of carbonyl (C=O) groups excluding carboxylic acids is 2. The summed E-state index contributed by atoms with van der Waals surface area (Å²) in [5.74, 6) is 0.0322. The third-order valence-corrected chi connectivity index (χ3v) is 4.41. The summed E-state index contributed by atoms with van der Waals surface area (Å²) in [6.07, 6.45) is 0. The molecule has 0 bridgehead atoms. The molecular weight excluding hydrogens is 320 g/mol. The molecule has 0 saturated carbocycles. The minimum absolute atomic E-state index is 0.320. The Kier molecular flexibility index (Phi) is 3.49. The standard InChI is InChI=1S/C18H16N4O3/c1-11-3-5-12(6-4-11)21-17(23)15-16(18(21)24)22(20-19-15)13-7-9-14(25-2)10-8-13/h3-10,15-16H,1-2H3/t15-,16+/m0/s1. The Morgan fingerprint density at radius 1 is 0.920 bits per heavy atom. The van der Waals surface area contributed by atoms with Gasteiger partial charge in [-0.05, 0) is 43.3 Å². The Labute approximate surface area is 144 Å². The molecule has 0 aromatic heterocycles. The van der Waals surface area contributed by atoms with Crippen LogP contribution in [0.3, 0.4) is 0 Å². The number of carbonyl (C=O) groups is 2. The van der Waals surface area contributed by atoms with E-state index < -0.39 is 12.1 Å². The fourth-order valence-corrected chi connectivity index (χ4v) is 3.06. The van der Waals surface area contributed by atoms with Crippen molar-refractivity contribution < 1.29 is 14.3 Å². The van der Waals surface area contributed by atoms with Gasteiger partial charge in [-0.15, -0.1) is 0 Å². The Morgan fingerprint density at radius 3 is 2.20 bits per heavy atom. The van der Waals surface area contributed by atoms with E-state index in [0.717, 1.165) is 5.56 Å². The van der Waals surface area contributed by atoms with Gasteiger partial charge in [0.15, 0.2) is 12.1 Å². The number of nitrogens with zero attached hydrogens (tertiary/aromatic N) is 4. The fraction of sp³-hybridized carbons (Fsp3) is 0.222. The van der Waals surface area contributed by atoms with E-state index in [0.29, 0.717) is 17.1 Å². The van der Waals surface area contributed by atoms with Crippen LogP contribution in [0.15, 0.2) is 58.9 Å². The van der Waals surface area contributed by atoms with Gasteiger partial charge < -0.3 is 4.74 Å². The van der Waals surface area contributed by atoms with E-state index in [-0.39, 0.29) is 11.8 Å². The van der Waals surface area contributed by atoms with E-state index in [2.05, 4.69) is 10.3 Å². The van der Waals surface area contributed by atoms with Gasteiger partial charge in [0.05, 0.1) is 18.5 Å². The zero-order valence-corrected chi connectivity index (χ0v) is 13.8. The molecule has 2 heterocycles. The summed E-state index contributed by atoms with van der Waals surface area (Å²) in [4.78, 5) is 26.8. The van der Waals surface area contributed by atoms with Gasteiger partial charge in [-0.3, -0.25) is 9.59 Å². The first-order chi connectivity index (χ1) is 12.1. The number of imide groups is 1. The predicted octanol–water partition coefficient (Wildman–Crippen LogP) is 2.50. The second kappa shape index (κ2) is 5.70. The highest BCUT2D eigenvalue weighted by Crippen LogP contribution is 2.35. The molecule has 2 aromatic carbocycles. The van der Waals surface area contributed by atoms with Crippen LogP contribution < -0.4 is 14.6 Å². The molecule has 0 aliphatic carbocycles. The van der Waals surface area contributed by atoms with E-state index in [1.54, 1.807) is 43.5 Å². The maximum Gasteiger partial charge on any atom is 0.263 e. The van der Waals surface area contributed by atoms with Crippen molar-refractivity contribution in [1.29, 1.82) is 0 Å². The van der Waals surface area contributed by atoms with Crippen molar-refractivity contribution in [1.82, 2.24) is 0 Å². The molecule has 2 aliphatic rings. The first-order valence-corrected chi connectivity index (χ1v) is 7.88. The third-order valence-electron chi connectivity index (χ3n) is 4.41. The summed E-state index contributed by atoms with van der Waals surface area (Å²) < 4.78 is 5.14. The van der Waals surface area contributed by atoms with Crippen molar-refractivity contribution >= 4 is 23.2 Å². The number of amides is 2. The molecule has 0 spiro atoms. The zero-order chi connectivity index (χ0) is 17.6. The lowest BCUT2D eigenvalue weighted by molar-refractivity contribution is -0.121. The molecule has 2 amide bonds. The van der Waals surface area contributed by atoms with Crippen LogP contribution >= 0.6 is 0 Å². The predicted molar refractivity (Wildman–Crippen MR) is 91.6 cm³/mol. The van der Waals surface area contributed by atoms with Crippen molar-refractivity contribution in [3.8, 4) is 5.75 Å². The van der Waals surface area contributed by atoms with Crippen LogP contribution in [0.1, 0.15) is 5.56 Å². The summed E-state index contributed by atoms with van der Waals surface area (Å²) in [7, 11) is 1.58. The van der Waals surface area contributed by atoms with Crippen LogP contribution in [-0.4, -0.2) is 31.0 Å². The highest BCUT2D eigenvalue weighted by Gasteiger charge is 2.55. The van der Waals surface area contributed by atoms with Crippen LogP contribution in [0.25, 0.3) is 0 Å². The summed E-state index contributed by atoms with van der Waals surface area (Å²) >= 11 is 0. The SMILES string of the molecule is COc1ccc(N2N=N[C@@H]3C(=O)N(c4ccc(C)cc4)C(=O)[C@@H]32)cc1. The maximum absolute atomic E-state index is 12.9. The van der Waals surface area contributed by atoms with Gasteiger partial charge in [-0.1, -0.05) is 22.9 Å². The van der Waals surface area contributed by atoms with E-state index in [1.165, 1.54) is 9.91 Å². The van der Waals surface area contributed by atoms with Gasteiger partial charge in [0.1, 0.15) is 5.75 Å². The summed E-state index contributed by atoms with van der Waals surface area (Å²) in [5, 5.41) is 9.57. The molecule has 126 valence electrons. The lowest BCUT2D eigenvalue weighted by Gasteiger charge is -2.20. The van der Waals surface area contributed by atoms with Crippen molar-refractivity contribution in [2.45, 2.75) is 19.0 Å². The smallest absolute Gasteiger partial charge is 0.263 e. The number of benzene rings is 2. The molecule has 2 aliphatic heterocycles. The van der Waals surface area contributed by atoms with Gasteiger partial charge in [0.2, 0.25) is 0 Å². The topological polar surface area (TPSA) is 74.6 Å². The number of hydrogen-bond acceptors (Lipinski definition) is 6. The van der Waals surface area contributed by atoms with Gasteiger partial charge in [-0.25, -0.2) is 9.91 Å². The molecular formula is C18H16N4O3. The Balaban J connectivity index is 1.66. The largest absolute Gasteiger partial charge is 0.497 e. The minimum atomic E-state index is -0.809. The van der Waals surface area contributed by atoms with E-state index in [1.807, 2.05) is 19.1 Å². The maximum atomic E-state index is 12.9. The average molecular weight is 336 g/mol. The number of rotatable bonds is 3. The van der Waals surface area contributed by atoms with Gasteiger partial charge in [0, 0.05) is 0 Å². The summed E-state index contributed by atoms with van der Waals surface area (Å²) in [6, 6.07) is 12.8. The molecule has 1 saturated heterocycles. The molecule has 0 unspecified atom stereocenters. The summed E-state index contributed by atoms with van der Waals surface area (Å²) in [5.41, 5.74) is 2.30. The van der Waals surface area contributed by atoms with Crippen LogP contribution in [0, 0.1) is 6.92 Å². The molecule has 4 rings (SSSR count). The minimum Gasteiger partial charge on any atom is -0.497 e. The number of methoxy groups -OCH3 is 1. The van der Waals surface area contributed by atoms with Gasteiger partial charge in [-0.2, -0.15) is 5.11 Å². The first-order valence-electron chi connectivity index (χ1n) is 7.88. The molecule has 7 nitrogen and oxygen atoms in total. The second-order valence-electron chi connectivity index (χ2n) is 5.98. The van der Waals surface area contributed by atoms with Gasteiger partial charge in [0.25, 0.3) is 11.8 Å². The van der Waals surface area contributed by atoms with Gasteiger partial charge >= 0.3 is 0 Å². The quantitative estimate of drug-likeness (QED) is 0.807. The molecule has 2 aromatic rings.